The molecule has 86 valence electrons. The van der Waals surface area contributed by atoms with Crippen molar-refractivity contribution in [3.05, 3.63) is 26.6 Å². The van der Waals surface area contributed by atoms with Gasteiger partial charge in [0.15, 0.2) is 0 Å². The summed E-state index contributed by atoms with van der Waals surface area (Å²) in [6.07, 6.45) is 2.05. The van der Waals surface area contributed by atoms with E-state index in [2.05, 4.69) is 49.0 Å². The van der Waals surface area contributed by atoms with Crippen molar-refractivity contribution in [1.29, 1.82) is 0 Å². The van der Waals surface area contributed by atoms with Crippen LogP contribution in [0.2, 0.25) is 0 Å². The van der Waals surface area contributed by atoms with Crippen LogP contribution < -0.4 is 5.32 Å². The fraction of sp³-hybridized carbons (Fsp3) is 0.400. The molecule has 0 spiro atoms. The van der Waals surface area contributed by atoms with E-state index in [9.17, 15) is 0 Å². The van der Waals surface area contributed by atoms with Gasteiger partial charge < -0.3 is 5.32 Å². The zero-order valence-electron chi connectivity index (χ0n) is 8.86. The van der Waals surface area contributed by atoms with Crippen molar-refractivity contribution in [2.24, 2.45) is 0 Å². The number of anilines is 1. The molecule has 2 aromatic rings. The Balaban J connectivity index is 1.92. The molecule has 0 unspecified atom stereocenters. The Labute approximate surface area is 111 Å². The Kier molecular flexibility index (Phi) is 4.31. The van der Waals surface area contributed by atoms with Gasteiger partial charge in [0.1, 0.15) is 5.82 Å². The van der Waals surface area contributed by atoms with Crippen LogP contribution in [-0.2, 0) is 13.0 Å². The van der Waals surface area contributed by atoms with Crippen LogP contribution in [0.1, 0.15) is 24.0 Å². The summed E-state index contributed by atoms with van der Waals surface area (Å²) in [5.41, 5.74) is 0. The van der Waals surface area contributed by atoms with Crippen LogP contribution in [-0.4, -0.2) is 9.36 Å². The summed E-state index contributed by atoms with van der Waals surface area (Å²) in [7, 11) is 0. The van der Waals surface area contributed by atoms with E-state index in [-0.39, 0.29) is 0 Å². The Hall–Kier alpha value is -0.460. The van der Waals surface area contributed by atoms with E-state index >= 15 is 0 Å². The zero-order chi connectivity index (χ0) is 11.4. The van der Waals surface area contributed by atoms with Crippen molar-refractivity contribution >= 4 is 43.9 Å². The molecule has 0 aliphatic carbocycles. The molecule has 2 rings (SSSR count). The van der Waals surface area contributed by atoms with Crippen LogP contribution in [0.15, 0.2) is 15.9 Å². The molecule has 2 aromatic heterocycles. The monoisotopic (exact) mass is 317 g/mol. The molecular formula is C10H12BrN3S2. The lowest BCUT2D eigenvalue weighted by Gasteiger charge is -1.99. The highest BCUT2D eigenvalue weighted by atomic mass is 79.9. The van der Waals surface area contributed by atoms with Gasteiger partial charge in [-0.05, 0) is 33.8 Å². The van der Waals surface area contributed by atoms with E-state index in [0.29, 0.717) is 0 Å². The van der Waals surface area contributed by atoms with Gasteiger partial charge in [-0.25, -0.2) is 4.98 Å². The van der Waals surface area contributed by atoms with Gasteiger partial charge in [-0.1, -0.05) is 6.92 Å². The third kappa shape index (κ3) is 3.02. The Bertz CT molecular complexity index is 452. The molecule has 16 heavy (non-hydrogen) atoms. The van der Waals surface area contributed by atoms with E-state index < -0.39 is 0 Å². The molecule has 0 saturated carbocycles. The average molecular weight is 318 g/mol. The van der Waals surface area contributed by atoms with Gasteiger partial charge >= 0.3 is 0 Å². The molecule has 0 fully saturated rings. The van der Waals surface area contributed by atoms with Crippen molar-refractivity contribution < 1.29 is 0 Å². The van der Waals surface area contributed by atoms with E-state index in [1.54, 1.807) is 11.3 Å². The molecule has 0 amide bonds. The molecule has 1 N–H and O–H groups in total. The first-order valence-corrected chi connectivity index (χ1v) is 7.52. The molecule has 6 heteroatoms. The standard InChI is InChI=1S/C10H12BrN3S2/c1-2-3-9-13-10(16-14-9)12-6-8-7(11)4-5-15-8/h4-5H,2-3,6H2,1H3,(H,12,13,14). The Morgan fingerprint density at radius 1 is 1.50 bits per heavy atom. The number of aromatic nitrogens is 2. The molecule has 0 aromatic carbocycles. The van der Waals surface area contributed by atoms with Crippen molar-refractivity contribution in [1.82, 2.24) is 9.36 Å². The fourth-order valence-electron chi connectivity index (χ4n) is 1.26. The van der Waals surface area contributed by atoms with Gasteiger partial charge in [-0.15, -0.1) is 11.3 Å². The predicted octanol–water partition coefficient (Wildman–Crippen LogP) is 3.93. The van der Waals surface area contributed by atoms with Gasteiger partial charge in [0, 0.05) is 27.3 Å². The number of thiophene rings is 1. The SMILES string of the molecule is CCCc1nsc(NCc2sccc2Br)n1. The minimum Gasteiger partial charge on any atom is -0.355 e. The number of halogens is 1. The lowest BCUT2D eigenvalue weighted by Crippen LogP contribution is -1.97. The first-order valence-electron chi connectivity index (χ1n) is 5.08. The number of nitrogens with one attached hydrogen (secondary N) is 1. The lowest BCUT2D eigenvalue weighted by atomic mass is 10.3. The second-order valence-electron chi connectivity index (χ2n) is 3.31. The molecule has 0 bridgehead atoms. The Morgan fingerprint density at radius 2 is 2.38 bits per heavy atom. The number of aryl methyl sites for hydroxylation is 1. The largest absolute Gasteiger partial charge is 0.355 e. The highest BCUT2D eigenvalue weighted by Gasteiger charge is 2.05. The molecule has 2 heterocycles. The highest BCUT2D eigenvalue weighted by molar-refractivity contribution is 9.10. The smallest absolute Gasteiger partial charge is 0.202 e. The maximum absolute atomic E-state index is 4.41. The fourth-order valence-corrected chi connectivity index (χ4v) is 3.30. The second kappa shape index (κ2) is 5.75. The van der Waals surface area contributed by atoms with E-state index in [4.69, 9.17) is 0 Å². The van der Waals surface area contributed by atoms with Gasteiger partial charge in [-0.3, -0.25) is 0 Å². The maximum atomic E-state index is 4.41. The average Bonchev–Trinajstić information content (AvgIpc) is 2.86. The summed E-state index contributed by atoms with van der Waals surface area (Å²) in [4.78, 5) is 5.70. The summed E-state index contributed by atoms with van der Waals surface area (Å²) in [5, 5.41) is 6.27. The minimum absolute atomic E-state index is 0.805. The van der Waals surface area contributed by atoms with Gasteiger partial charge in [0.2, 0.25) is 5.13 Å². The van der Waals surface area contributed by atoms with Crippen LogP contribution in [0.4, 0.5) is 5.13 Å². The third-order valence-electron chi connectivity index (χ3n) is 2.03. The second-order valence-corrected chi connectivity index (χ2v) is 5.92. The summed E-state index contributed by atoms with van der Waals surface area (Å²) >= 11 is 6.67. The quantitative estimate of drug-likeness (QED) is 0.908. The first kappa shape index (κ1) is 12.0. The summed E-state index contributed by atoms with van der Waals surface area (Å²) < 4.78 is 5.44. The van der Waals surface area contributed by atoms with Crippen LogP contribution in [0.5, 0.6) is 0 Å². The maximum Gasteiger partial charge on any atom is 0.202 e. The van der Waals surface area contributed by atoms with Crippen LogP contribution in [0, 0.1) is 0 Å². The van der Waals surface area contributed by atoms with E-state index in [1.165, 1.54) is 16.4 Å². The number of hydrogen-bond acceptors (Lipinski definition) is 5. The Morgan fingerprint density at radius 3 is 3.06 bits per heavy atom. The van der Waals surface area contributed by atoms with E-state index in [0.717, 1.165) is 34.8 Å². The molecular weight excluding hydrogens is 306 g/mol. The molecule has 0 saturated heterocycles. The van der Waals surface area contributed by atoms with Crippen molar-refractivity contribution in [3.8, 4) is 0 Å². The molecule has 3 nitrogen and oxygen atoms in total. The molecule has 0 radical (unpaired) electrons. The topological polar surface area (TPSA) is 37.8 Å². The number of rotatable bonds is 5. The molecule has 0 aliphatic rings. The third-order valence-corrected chi connectivity index (χ3v) is 4.67. The van der Waals surface area contributed by atoms with Gasteiger partial charge in [-0.2, -0.15) is 4.37 Å². The van der Waals surface area contributed by atoms with Crippen molar-refractivity contribution in [2.75, 3.05) is 5.32 Å². The lowest BCUT2D eigenvalue weighted by molar-refractivity contribution is 0.861. The van der Waals surface area contributed by atoms with Crippen LogP contribution >= 0.6 is 38.8 Å². The summed E-state index contributed by atoms with van der Waals surface area (Å²) in [6.45, 7) is 2.94. The van der Waals surface area contributed by atoms with Crippen molar-refractivity contribution in [3.63, 3.8) is 0 Å². The van der Waals surface area contributed by atoms with Gasteiger partial charge in [0.05, 0.1) is 6.54 Å². The molecule has 0 atom stereocenters. The number of nitrogens with zero attached hydrogens (tertiary/aromatic N) is 2. The predicted molar refractivity (Wildman–Crippen MR) is 73.2 cm³/mol. The summed E-state index contributed by atoms with van der Waals surface area (Å²) in [5.74, 6) is 0.945. The van der Waals surface area contributed by atoms with Crippen LogP contribution in [0.3, 0.4) is 0 Å². The zero-order valence-corrected chi connectivity index (χ0v) is 12.1. The normalized spacial score (nSPS) is 10.6. The van der Waals surface area contributed by atoms with Crippen molar-refractivity contribution in [2.45, 2.75) is 26.3 Å². The van der Waals surface area contributed by atoms with Crippen LogP contribution in [0.25, 0.3) is 0 Å². The number of hydrogen-bond donors (Lipinski definition) is 1. The van der Waals surface area contributed by atoms with E-state index in [1.807, 2.05) is 0 Å². The highest BCUT2D eigenvalue weighted by Crippen LogP contribution is 2.24. The summed E-state index contributed by atoms with van der Waals surface area (Å²) in [6, 6.07) is 2.06. The minimum atomic E-state index is 0.805. The van der Waals surface area contributed by atoms with Gasteiger partial charge in [0.25, 0.3) is 0 Å². The first-order chi connectivity index (χ1) is 7.79. The molecule has 0 aliphatic heterocycles.